The summed E-state index contributed by atoms with van der Waals surface area (Å²) >= 11 is 0. The number of nitrogen functional groups attached to an aromatic ring is 1. The molecule has 120 valence electrons. The van der Waals surface area contributed by atoms with Crippen molar-refractivity contribution in [1.82, 2.24) is 4.98 Å². The van der Waals surface area contributed by atoms with Crippen molar-refractivity contribution in [2.24, 2.45) is 0 Å². The summed E-state index contributed by atoms with van der Waals surface area (Å²) in [5.74, 6) is 0.751. The predicted octanol–water partition coefficient (Wildman–Crippen LogP) is 3.45. The number of fused-ring (bicyclic) bond motifs is 1. The molecule has 0 fully saturated rings. The molecule has 0 spiro atoms. The first kappa shape index (κ1) is 15.4. The van der Waals surface area contributed by atoms with E-state index in [1.54, 1.807) is 31.4 Å². The number of ether oxygens (including phenoxy) is 1. The van der Waals surface area contributed by atoms with Crippen molar-refractivity contribution in [3.63, 3.8) is 0 Å². The minimum atomic E-state index is 0.175. The lowest BCUT2D eigenvalue weighted by molar-refractivity contribution is 0.415. The number of nitrogens with two attached hydrogens (primary N) is 1. The molecule has 0 amide bonds. The number of anilines is 3. The van der Waals surface area contributed by atoms with Gasteiger partial charge in [0.1, 0.15) is 17.6 Å². The summed E-state index contributed by atoms with van der Waals surface area (Å²) in [5, 5.41) is 23.1. The van der Waals surface area contributed by atoms with Gasteiger partial charge in [-0.3, -0.25) is 4.98 Å². The Labute approximate surface area is 139 Å². The van der Waals surface area contributed by atoms with E-state index in [0.717, 1.165) is 5.56 Å². The third kappa shape index (κ3) is 2.63. The molecule has 0 radical (unpaired) electrons. The van der Waals surface area contributed by atoms with E-state index in [1.807, 2.05) is 13.0 Å². The molecule has 6 nitrogen and oxygen atoms in total. The van der Waals surface area contributed by atoms with Crippen LogP contribution < -0.4 is 15.8 Å². The standard InChI is InChI=1S/C18H16N4O2/c1-10-3-4-12(5-16(10)23)22-17-11(8-19)9-21-18-14(17)6-13(24-2)7-15(18)20/h3-7,9,23H,20H2,1-2H3,(H,21,22). The summed E-state index contributed by atoms with van der Waals surface area (Å²) in [7, 11) is 1.55. The van der Waals surface area contributed by atoms with Crippen LogP contribution in [-0.4, -0.2) is 17.2 Å². The fourth-order valence-corrected chi connectivity index (χ4v) is 2.47. The Morgan fingerprint density at radius 3 is 2.75 bits per heavy atom. The minimum absolute atomic E-state index is 0.175. The van der Waals surface area contributed by atoms with E-state index < -0.39 is 0 Å². The number of nitrogens with one attached hydrogen (secondary N) is 1. The number of hydrogen-bond donors (Lipinski definition) is 3. The number of aromatic nitrogens is 1. The first-order valence-electron chi connectivity index (χ1n) is 7.26. The van der Waals surface area contributed by atoms with Crippen LogP contribution in [0.3, 0.4) is 0 Å². The molecular formula is C18H16N4O2. The zero-order chi connectivity index (χ0) is 17.3. The van der Waals surface area contributed by atoms with Crippen LogP contribution in [0.5, 0.6) is 11.5 Å². The van der Waals surface area contributed by atoms with Gasteiger partial charge in [0.25, 0.3) is 0 Å². The van der Waals surface area contributed by atoms with Crippen molar-refractivity contribution in [2.45, 2.75) is 6.92 Å². The fraction of sp³-hybridized carbons (Fsp3) is 0.111. The van der Waals surface area contributed by atoms with Gasteiger partial charge in [-0.15, -0.1) is 0 Å². The molecule has 0 unspecified atom stereocenters. The van der Waals surface area contributed by atoms with Crippen molar-refractivity contribution in [3.8, 4) is 17.6 Å². The highest BCUT2D eigenvalue weighted by Gasteiger charge is 2.13. The number of hydrogen-bond acceptors (Lipinski definition) is 6. The number of nitrogens with zero attached hydrogens (tertiary/aromatic N) is 2. The maximum absolute atomic E-state index is 9.89. The number of methoxy groups -OCH3 is 1. The molecule has 0 bridgehead atoms. The second kappa shape index (κ2) is 5.97. The fourth-order valence-electron chi connectivity index (χ4n) is 2.47. The molecule has 1 heterocycles. The Hall–Kier alpha value is -3.46. The van der Waals surface area contributed by atoms with Gasteiger partial charge in [-0.1, -0.05) is 6.07 Å². The highest BCUT2D eigenvalue weighted by atomic mass is 16.5. The van der Waals surface area contributed by atoms with Crippen molar-refractivity contribution in [3.05, 3.63) is 47.7 Å². The predicted molar refractivity (Wildman–Crippen MR) is 93.5 cm³/mol. The molecule has 0 atom stereocenters. The Balaban J connectivity index is 2.22. The summed E-state index contributed by atoms with van der Waals surface area (Å²) in [5.41, 5.74) is 9.44. The SMILES string of the molecule is COc1cc(N)c2ncc(C#N)c(Nc3ccc(C)c(O)c3)c2c1. The second-order valence-corrected chi connectivity index (χ2v) is 5.40. The van der Waals surface area contributed by atoms with Crippen LogP contribution in [0.15, 0.2) is 36.5 Å². The zero-order valence-electron chi connectivity index (χ0n) is 13.3. The van der Waals surface area contributed by atoms with Gasteiger partial charge in [-0.05, 0) is 24.6 Å². The zero-order valence-corrected chi connectivity index (χ0v) is 13.3. The lowest BCUT2D eigenvalue weighted by Gasteiger charge is -2.14. The monoisotopic (exact) mass is 320 g/mol. The number of benzene rings is 2. The van der Waals surface area contributed by atoms with E-state index in [2.05, 4.69) is 16.4 Å². The molecule has 6 heteroatoms. The van der Waals surface area contributed by atoms with Crippen LogP contribution in [0.2, 0.25) is 0 Å². The molecule has 0 aliphatic carbocycles. The average Bonchev–Trinajstić information content (AvgIpc) is 2.58. The van der Waals surface area contributed by atoms with Gasteiger partial charge in [0.2, 0.25) is 0 Å². The molecule has 24 heavy (non-hydrogen) atoms. The smallest absolute Gasteiger partial charge is 0.121 e. The second-order valence-electron chi connectivity index (χ2n) is 5.40. The van der Waals surface area contributed by atoms with Gasteiger partial charge < -0.3 is 20.9 Å². The third-order valence-corrected chi connectivity index (χ3v) is 3.81. The summed E-state index contributed by atoms with van der Waals surface area (Å²) in [6.45, 7) is 1.81. The number of phenols is 1. The number of aromatic hydroxyl groups is 1. The van der Waals surface area contributed by atoms with E-state index in [1.165, 1.54) is 6.20 Å². The third-order valence-electron chi connectivity index (χ3n) is 3.81. The van der Waals surface area contributed by atoms with Gasteiger partial charge in [0.05, 0.1) is 29.6 Å². The number of phenolic OH excluding ortho intramolecular Hbond substituents is 1. The van der Waals surface area contributed by atoms with Crippen LogP contribution in [0.1, 0.15) is 11.1 Å². The van der Waals surface area contributed by atoms with Gasteiger partial charge in [-0.25, -0.2) is 0 Å². The topological polar surface area (TPSA) is 104 Å². The highest BCUT2D eigenvalue weighted by Crippen LogP contribution is 2.35. The quantitative estimate of drug-likeness (QED) is 0.638. The molecule has 0 aliphatic rings. The Kier molecular flexibility index (Phi) is 3.84. The van der Waals surface area contributed by atoms with Crippen LogP contribution in [0.25, 0.3) is 10.9 Å². The van der Waals surface area contributed by atoms with Gasteiger partial charge in [-0.2, -0.15) is 5.26 Å². The van der Waals surface area contributed by atoms with Crippen LogP contribution >= 0.6 is 0 Å². The van der Waals surface area contributed by atoms with Crippen molar-refractivity contribution >= 4 is 28.0 Å². The number of rotatable bonds is 3. The Morgan fingerprint density at radius 2 is 2.08 bits per heavy atom. The summed E-state index contributed by atoms with van der Waals surface area (Å²) in [4.78, 5) is 4.27. The molecular weight excluding hydrogens is 304 g/mol. The molecule has 0 aliphatic heterocycles. The lowest BCUT2D eigenvalue weighted by atomic mass is 10.1. The average molecular weight is 320 g/mol. The molecule has 4 N–H and O–H groups in total. The molecule has 0 saturated carbocycles. The molecule has 2 aromatic carbocycles. The Morgan fingerprint density at radius 1 is 1.29 bits per heavy atom. The molecule has 3 rings (SSSR count). The molecule has 3 aromatic rings. The Bertz CT molecular complexity index is 977. The number of aryl methyl sites for hydroxylation is 1. The lowest BCUT2D eigenvalue weighted by Crippen LogP contribution is -1.99. The van der Waals surface area contributed by atoms with Crippen LogP contribution in [-0.2, 0) is 0 Å². The first-order chi connectivity index (χ1) is 11.5. The minimum Gasteiger partial charge on any atom is -0.508 e. The van der Waals surface area contributed by atoms with E-state index in [9.17, 15) is 10.4 Å². The largest absolute Gasteiger partial charge is 0.508 e. The molecule has 1 aromatic heterocycles. The van der Waals surface area contributed by atoms with Gasteiger partial charge in [0.15, 0.2) is 0 Å². The molecule has 0 saturated heterocycles. The van der Waals surface area contributed by atoms with Crippen molar-refractivity contribution < 1.29 is 9.84 Å². The number of nitriles is 1. The van der Waals surface area contributed by atoms with Gasteiger partial charge >= 0.3 is 0 Å². The highest BCUT2D eigenvalue weighted by molar-refractivity contribution is 6.02. The first-order valence-corrected chi connectivity index (χ1v) is 7.26. The maximum Gasteiger partial charge on any atom is 0.121 e. The van der Waals surface area contributed by atoms with E-state index in [0.29, 0.717) is 39.3 Å². The maximum atomic E-state index is 9.89. The van der Waals surface area contributed by atoms with E-state index in [4.69, 9.17) is 10.5 Å². The normalized spacial score (nSPS) is 10.4. The van der Waals surface area contributed by atoms with E-state index >= 15 is 0 Å². The summed E-state index contributed by atoms with van der Waals surface area (Å²) in [6.07, 6.45) is 1.47. The van der Waals surface area contributed by atoms with Crippen molar-refractivity contribution in [1.29, 1.82) is 5.26 Å². The summed E-state index contributed by atoms with van der Waals surface area (Å²) in [6, 6.07) is 10.8. The van der Waals surface area contributed by atoms with Crippen LogP contribution in [0, 0.1) is 18.3 Å². The van der Waals surface area contributed by atoms with Gasteiger partial charge in [0, 0.05) is 29.4 Å². The summed E-state index contributed by atoms with van der Waals surface area (Å²) < 4.78 is 5.26. The van der Waals surface area contributed by atoms with Crippen molar-refractivity contribution in [2.75, 3.05) is 18.2 Å². The van der Waals surface area contributed by atoms with Crippen LogP contribution in [0.4, 0.5) is 17.1 Å². The number of pyridine rings is 1. The van der Waals surface area contributed by atoms with E-state index in [-0.39, 0.29) is 5.75 Å².